The van der Waals surface area contributed by atoms with E-state index in [2.05, 4.69) is 10.1 Å². The van der Waals surface area contributed by atoms with Gasteiger partial charge in [-0.1, -0.05) is 17.3 Å². The van der Waals surface area contributed by atoms with Crippen LogP contribution >= 0.6 is 0 Å². The summed E-state index contributed by atoms with van der Waals surface area (Å²) >= 11 is 0. The standard InChI is InChI=1S/C19H21N3O4/c1-11(20)12-5-7-13(8-6-12)19-21-18(22-26-19)14-9-15(23-2)17(25-4)16(10-14)24-3/h5-11H,20H2,1-4H3. The first-order chi connectivity index (χ1) is 12.6. The molecule has 0 radical (unpaired) electrons. The van der Waals surface area contributed by atoms with E-state index >= 15 is 0 Å². The fourth-order valence-electron chi connectivity index (χ4n) is 2.60. The molecule has 7 nitrogen and oxygen atoms in total. The predicted molar refractivity (Wildman–Crippen MR) is 97.4 cm³/mol. The molecule has 2 aromatic carbocycles. The Kier molecular flexibility index (Phi) is 5.09. The molecule has 1 unspecified atom stereocenters. The number of ether oxygens (including phenoxy) is 3. The third-order valence-corrected chi connectivity index (χ3v) is 4.03. The van der Waals surface area contributed by atoms with E-state index in [0.29, 0.717) is 34.5 Å². The van der Waals surface area contributed by atoms with Gasteiger partial charge in [-0.3, -0.25) is 0 Å². The molecule has 1 atom stereocenters. The zero-order valence-electron chi connectivity index (χ0n) is 15.1. The molecule has 1 aromatic heterocycles. The Balaban J connectivity index is 1.97. The lowest BCUT2D eigenvalue weighted by Gasteiger charge is -2.12. The number of aromatic nitrogens is 2. The molecule has 0 aliphatic carbocycles. The summed E-state index contributed by atoms with van der Waals surface area (Å²) in [5.74, 6) is 2.40. The molecule has 3 aromatic rings. The van der Waals surface area contributed by atoms with E-state index in [9.17, 15) is 0 Å². The van der Waals surface area contributed by atoms with Crippen LogP contribution in [0.4, 0.5) is 0 Å². The maximum Gasteiger partial charge on any atom is 0.258 e. The number of nitrogens with two attached hydrogens (primary N) is 1. The summed E-state index contributed by atoms with van der Waals surface area (Å²) in [7, 11) is 4.67. The van der Waals surface area contributed by atoms with Crippen molar-refractivity contribution in [2.75, 3.05) is 21.3 Å². The maximum absolute atomic E-state index is 5.88. The Morgan fingerprint density at radius 2 is 1.54 bits per heavy atom. The van der Waals surface area contributed by atoms with E-state index in [1.807, 2.05) is 31.2 Å². The van der Waals surface area contributed by atoms with Gasteiger partial charge in [-0.2, -0.15) is 4.98 Å². The normalized spacial score (nSPS) is 11.9. The Bertz CT molecular complexity index is 863. The van der Waals surface area contributed by atoms with Crippen LogP contribution in [0.5, 0.6) is 17.2 Å². The van der Waals surface area contributed by atoms with Gasteiger partial charge < -0.3 is 24.5 Å². The van der Waals surface area contributed by atoms with Gasteiger partial charge in [0.05, 0.1) is 21.3 Å². The van der Waals surface area contributed by atoms with Gasteiger partial charge in [-0.25, -0.2) is 0 Å². The van der Waals surface area contributed by atoms with Gasteiger partial charge in [-0.15, -0.1) is 0 Å². The second kappa shape index (κ2) is 7.45. The van der Waals surface area contributed by atoms with Crippen molar-refractivity contribution in [2.24, 2.45) is 5.73 Å². The second-order valence-corrected chi connectivity index (χ2v) is 5.75. The van der Waals surface area contributed by atoms with Gasteiger partial charge in [0.15, 0.2) is 11.5 Å². The minimum atomic E-state index is -0.0264. The first kappa shape index (κ1) is 17.8. The molecule has 0 amide bonds. The minimum absolute atomic E-state index is 0.0264. The van der Waals surface area contributed by atoms with Crippen molar-refractivity contribution in [1.82, 2.24) is 10.1 Å². The summed E-state index contributed by atoms with van der Waals surface area (Å²) in [5, 5.41) is 4.06. The summed E-state index contributed by atoms with van der Waals surface area (Å²) in [5.41, 5.74) is 8.43. The van der Waals surface area contributed by atoms with Crippen LogP contribution in [0.15, 0.2) is 40.9 Å². The molecule has 7 heteroatoms. The van der Waals surface area contributed by atoms with Crippen LogP contribution in [-0.2, 0) is 0 Å². The first-order valence-corrected chi connectivity index (χ1v) is 8.07. The largest absolute Gasteiger partial charge is 0.493 e. The van der Waals surface area contributed by atoms with Crippen molar-refractivity contribution < 1.29 is 18.7 Å². The van der Waals surface area contributed by atoms with Crippen LogP contribution in [0.1, 0.15) is 18.5 Å². The lowest BCUT2D eigenvalue weighted by atomic mass is 10.1. The summed E-state index contributed by atoms with van der Waals surface area (Å²) in [6, 6.07) is 11.2. The molecule has 2 N–H and O–H groups in total. The number of methoxy groups -OCH3 is 3. The molecule has 26 heavy (non-hydrogen) atoms. The number of benzene rings is 2. The van der Waals surface area contributed by atoms with E-state index in [-0.39, 0.29) is 6.04 Å². The highest BCUT2D eigenvalue weighted by Crippen LogP contribution is 2.40. The van der Waals surface area contributed by atoms with Crippen LogP contribution < -0.4 is 19.9 Å². The van der Waals surface area contributed by atoms with Crippen LogP contribution in [0.2, 0.25) is 0 Å². The van der Waals surface area contributed by atoms with Gasteiger partial charge in [0.25, 0.3) is 5.89 Å². The fourth-order valence-corrected chi connectivity index (χ4v) is 2.60. The van der Waals surface area contributed by atoms with Crippen LogP contribution in [-0.4, -0.2) is 31.5 Å². The van der Waals surface area contributed by atoms with E-state index in [1.54, 1.807) is 33.5 Å². The summed E-state index contributed by atoms with van der Waals surface area (Å²) in [6.45, 7) is 1.93. The van der Waals surface area contributed by atoms with Crippen molar-refractivity contribution in [3.63, 3.8) is 0 Å². The lowest BCUT2D eigenvalue weighted by Crippen LogP contribution is -2.04. The molecule has 0 aliphatic rings. The van der Waals surface area contributed by atoms with E-state index in [0.717, 1.165) is 11.1 Å². The SMILES string of the molecule is COc1cc(-c2noc(-c3ccc(C(C)N)cc3)n2)cc(OC)c1OC. The topological polar surface area (TPSA) is 92.6 Å². The van der Waals surface area contributed by atoms with E-state index in [4.69, 9.17) is 24.5 Å². The predicted octanol–water partition coefficient (Wildman–Crippen LogP) is 3.45. The lowest BCUT2D eigenvalue weighted by molar-refractivity contribution is 0.324. The Hall–Kier alpha value is -3.06. The molecule has 0 spiro atoms. The molecule has 3 rings (SSSR count). The Labute approximate surface area is 151 Å². The zero-order valence-corrected chi connectivity index (χ0v) is 15.1. The van der Waals surface area contributed by atoms with Crippen LogP contribution in [0.3, 0.4) is 0 Å². The quantitative estimate of drug-likeness (QED) is 0.724. The first-order valence-electron chi connectivity index (χ1n) is 8.07. The number of rotatable bonds is 6. The van der Waals surface area contributed by atoms with E-state index in [1.165, 1.54) is 0 Å². The molecule has 0 fully saturated rings. The van der Waals surface area contributed by atoms with Gasteiger partial charge in [0.1, 0.15) is 0 Å². The van der Waals surface area contributed by atoms with Crippen molar-refractivity contribution >= 4 is 0 Å². The molecule has 136 valence electrons. The summed E-state index contributed by atoms with van der Waals surface area (Å²) in [6.07, 6.45) is 0. The second-order valence-electron chi connectivity index (χ2n) is 5.75. The smallest absolute Gasteiger partial charge is 0.258 e. The Morgan fingerprint density at radius 3 is 2.04 bits per heavy atom. The summed E-state index contributed by atoms with van der Waals surface area (Å²) < 4.78 is 21.5. The third-order valence-electron chi connectivity index (χ3n) is 4.03. The minimum Gasteiger partial charge on any atom is -0.493 e. The number of nitrogens with zero attached hydrogens (tertiary/aromatic N) is 2. The van der Waals surface area contributed by atoms with Gasteiger partial charge in [-0.05, 0) is 36.8 Å². The number of hydrogen-bond donors (Lipinski definition) is 1. The van der Waals surface area contributed by atoms with Gasteiger partial charge >= 0.3 is 0 Å². The van der Waals surface area contributed by atoms with E-state index < -0.39 is 0 Å². The van der Waals surface area contributed by atoms with Crippen LogP contribution in [0, 0.1) is 0 Å². The fraction of sp³-hybridized carbons (Fsp3) is 0.263. The van der Waals surface area contributed by atoms with Crippen LogP contribution in [0.25, 0.3) is 22.8 Å². The molecule has 0 bridgehead atoms. The highest BCUT2D eigenvalue weighted by atomic mass is 16.5. The van der Waals surface area contributed by atoms with Gasteiger partial charge in [0.2, 0.25) is 11.6 Å². The number of hydrogen-bond acceptors (Lipinski definition) is 7. The van der Waals surface area contributed by atoms with Crippen molar-refractivity contribution in [2.45, 2.75) is 13.0 Å². The molecule has 0 saturated carbocycles. The van der Waals surface area contributed by atoms with Crippen molar-refractivity contribution in [1.29, 1.82) is 0 Å². The Morgan fingerprint density at radius 1 is 0.923 bits per heavy atom. The average molecular weight is 355 g/mol. The maximum atomic E-state index is 5.88. The molecular formula is C19H21N3O4. The zero-order chi connectivity index (χ0) is 18.7. The molecule has 0 aliphatic heterocycles. The van der Waals surface area contributed by atoms with Gasteiger partial charge in [0, 0.05) is 17.2 Å². The third kappa shape index (κ3) is 3.34. The molecular weight excluding hydrogens is 334 g/mol. The monoisotopic (exact) mass is 355 g/mol. The van der Waals surface area contributed by atoms with Crippen molar-refractivity contribution in [3.05, 3.63) is 42.0 Å². The van der Waals surface area contributed by atoms with Crippen molar-refractivity contribution in [3.8, 4) is 40.1 Å². The highest BCUT2D eigenvalue weighted by molar-refractivity contribution is 5.67. The molecule has 0 saturated heterocycles. The molecule has 1 heterocycles. The highest BCUT2D eigenvalue weighted by Gasteiger charge is 2.18. The summed E-state index contributed by atoms with van der Waals surface area (Å²) in [4.78, 5) is 4.47. The average Bonchev–Trinajstić information content (AvgIpc) is 3.17.